The highest BCUT2D eigenvalue weighted by molar-refractivity contribution is 6.30. The van der Waals surface area contributed by atoms with Gasteiger partial charge in [-0.2, -0.15) is 0 Å². The third-order valence-corrected chi connectivity index (χ3v) is 6.52. The van der Waals surface area contributed by atoms with Gasteiger partial charge in [-0.1, -0.05) is 35.9 Å². The maximum atomic E-state index is 14.3. The van der Waals surface area contributed by atoms with E-state index in [0.717, 1.165) is 5.56 Å². The van der Waals surface area contributed by atoms with E-state index in [-0.39, 0.29) is 18.9 Å². The van der Waals surface area contributed by atoms with Crippen LogP contribution in [0.2, 0.25) is 5.02 Å². The number of halogens is 2. The van der Waals surface area contributed by atoms with Gasteiger partial charge in [-0.25, -0.2) is 9.18 Å². The standard InChI is InChI=1S/C27H32ClFN2O5/c1-17(32)31-12-11-27(16-31,24(33)34)15-21(30-25(35)36-26(2,3)4)13-18-5-7-19(8-6-18)22-14-20(28)9-10-23(22)29/h5-10,14,21H,11-13,15-16H2,1-4H3,(H,30,35)(H,33,34). The fraction of sp³-hybridized carbons (Fsp3) is 0.444. The molecule has 0 saturated carbocycles. The number of benzene rings is 2. The Balaban J connectivity index is 1.84. The lowest BCUT2D eigenvalue weighted by molar-refractivity contribution is -0.149. The van der Waals surface area contributed by atoms with Gasteiger partial charge in [-0.15, -0.1) is 0 Å². The molecule has 2 aromatic carbocycles. The summed E-state index contributed by atoms with van der Waals surface area (Å²) in [5.41, 5.74) is -0.0671. The normalized spacial score (nSPS) is 18.6. The van der Waals surface area contributed by atoms with Gasteiger partial charge in [-0.05, 0) is 69.4 Å². The molecule has 2 N–H and O–H groups in total. The molecule has 2 atom stereocenters. The Kier molecular flexibility index (Phi) is 8.29. The Morgan fingerprint density at radius 1 is 1.19 bits per heavy atom. The van der Waals surface area contributed by atoms with Gasteiger partial charge in [-0.3, -0.25) is 9.59 Å². The first kappa shape index (κ1) is 27.5. The zero-order valence-corrected chi connectivity index (χ0v) is 21.7. The summed E-state index contributed by atoms with van der Waals surface area (Å²) in [7, 11) is 0. The predicted molar refractivity (Wildman–Crippen MR) is 135 cm³/mol. The fourth-order valence-corrected chi connectivity index (χ4v) is 4.69. The smallest absolute Gasteiger partial charge is 0.407 e. The highest BCUT2D eigenvalue weighted by atomic mass is 35.5. The molecule has 1 aliphatic rings. The van der Waals surface area contributed by atoms with Gasteiger partial charge < -0.3 is 20.1 Å². The number of rotatable bonds is 7. The number of nitrogens with one attached hydrogen (secondary N) is 1. The van der Waals surface area contributed by atoms with Crippen LogP contribution in [0.5, 0.6) is 0 Å². The second-order valence-electron chi connectivity index (χ2n) is 10.3. The summed E-state index contributed by atoms with van der Waals surface area (Å²) in [6.45, 7) is 7.08. The molecule has 2 aromatic rings. The van der Waals surface area contributed by atoms with E-state index in [2.05, 4.69) is 5.32 Å². The Morgan fingerprint density at radius 2 is 1.86 bits per heavy atom. The number of alkyl carbamates (subject to hydrolysis) is 1. The number of aliphatic carboxylic acids is 1. The second-order valence-corrected chi connectivity index (χ2v) is 10.8. The maximum Gasteiger partial charge on any atom is 0.407 e. The van der Waals surface area contributed by atoms with E-state index in [4.69, 9.17) is 16.3 Å². The minimum Gasteiger partial charge on any atom is -0.481 e. The van der Waals surface area contributed by atoms with E-state index in [1.165, 1.54) is 24.0 Å². The zero-order valence-electron chi connectivity index (χ0n) is 20.9. The summed E-state index contributed by atoms with van der Waals surface area (Å²) >= 11 is 6.02. The van der Waals surface area contributed by atoms with Gasteiger partial charge in [0.1, 0.15) is 11.4 Å². The van der Waals surface area contributed by atoms with Crippen molar-refractivity contribution in [1.82, 2.24) is 10.2 Å². The maximum absolute atomic E-state index is 14.3. The van der Waals surface area contributed by atoms with Crippen LogP contribution in [0.3, 0.4) is 0 Å². The van der Waals surface area contributed by atoms with Crippen molar-refractivity contribution < 1.29 is 28.6 Å². The minimum absolute atomic E-state index is 0.0805. The largest absolute Gasteiger partial charge is 0.481 e. The first-order valence-electron chi connectivity index (χ1n) is 11.8. The summed E-state index contributed by atoms with van der Waals surface area (Å²) in [4.78, 5) is 38.3. The summed E-state index contributed by atoms with van der Waals surface area (Å²) in [6.07, 6.45) is 0.0939. The van der Waals surface area contributed by atoms with Crippen molar-refractivity contribution in [3.05, 3.63) is 58.9 Å². The molecular formula is C27H32ClFN2O5. The molecule has 0 aliphatic carbocycles. The molecule has 1 saturated heterocycles. The van der Waals surface area contributed by atoms with Crippen molar-refractivity contribution in [3.63, 3.8) is 0 Å². The van der Waals surface area contributed by atoms with Gasteiger partial charge in [0.2, 0.25) is 5.91 Å². The molecule has 1 heterocycles. The van der Waals surface area contributed by atoms with Crippen molar-refractivity contribution in [2.45, 2.75) is 58.6 Å². The van der Waals surface area contributed by atoms with Crippen LogP contribution >= 0.6 is 11.6 Å². The zero-order chi connectivity index (χ0) is 26.7. The first-order chi connectivity index (χ1) is 16.8. The molecule has 36 heavy (non-hydrogen) atoms. The molecule has 0 spiro atoms. The Bertz CT molecular complexity index is 1130. The van der Waals surface area contributed by atoms with Crippen molar-refractivity contribution in [1.29, 1.82) is 0 Å². The summed E-state index contributed by atoms with van der Waals surface area (Å²) in [6, 6.07) is 10.9. The van der Waals surface area contributed by atoms with Crippen molar-refractivity contribution in [2.75, 3.05) is 13.1 Å². The van der Waals surface area contributed by atoms with E-state index >= 15 is 0 Å². The number of ether oxygens (including phenoxy) is 1. The van der Waals surface area contributed by atoms with Crippen LogP contribution in [0.25, 0.3) is 11.1 Å². The third kappa shape index (κ3) is 6.97. The van der Waals surface area contributed by atoms with Crippen LogP contribution < -0.4 is 5.32 Å². The average Bonchev–Trinajstić information content (AvgIpc) is 3.20. The van der Waals surface area contributed by atoms with Gasteiger partial charge in [0.15, 0.2) is 0 Å². The molecule has 0 aromatic heterocycles. The quantitative estimate of drug-likeness (QED) is 0.519. The number of carbonyl (C=O) groups is 3. The first-order valence-corrected chi connectivity index (χ1v) is 12.2. The van der Waals surface area contributed by atoms with Crippen molar-refractivity contribution in [2.24, 2.45) is 5.41 Å². The summed E-state index contributed by atoms with van der Waals surface area (Å²) in [5.74, 6) is -1.58. The number of carboxylic acids is 1. The lowest BCUT2D eigenvalue weighted by atomic mass is 9.79. The number of carbonyl (C=O) groups excluding carboxylic acids is 2. The van der Waals surface area contributed by atoms with E-state index < -0.39 is 34.9 Å². The molecule has 0 bridgehead atoms. The molecular weight excluding hydrogens is 487 g/mol. The fourth-order valence-electron chi connectivity index (χ4n) is 4.51. The highest BCUT2D eigenvalue weighted by Crippen LogP contribution is 2.36. The van der Waals surface area contributed by atoms with Crippen LogP contribution in [0, 0.1) is 11.2 Å². The molecule has 9 heteroatoms. The van der Waals surface area contributed by atoms with E-state index in [0.29, 0.717) is 35.5 Å². The van der Waals surface area contributed by atoms with Gasteiger partial charge in [0.05, 0.1) is 5.41 Å². The molecule has 1 aliphatic heterocycles. The summed E-state index contributed by atoms with van der Waals surface area (Å²) in [5, 5.41) is 13.3. The number of hydrogen-bond donors (Lipinski definition) is 2. The lowest BCUT2D eigenvalue weighted by Gasteiger charge is -2.31. The molecule has 0 radical (unpaired) electrons. The Morgan fingerprint density at radius 3 is 2.42 bits per heavy atom. The monoisotopic (exact) mass is 518 g/mol. The van der Waals surface area contributed by atoms with Crippen LogP contribution in [-0.4, -0.2) is 52.7 Å². The molecule has 2 amide bonds. The topological polar surface area (TPSA) is 95.9 Å². The van der Waals surface area contributed by atoms with Crippen molar-refractivity contribution >= 4 is 29.6 Å². The number of nitrogens with zero attached hydrogens (tertiary/aromatic N) is 1. The van der Waals surface area contributed by atoms with Crippen LogP contribution in [0.1, 0.15) is 46.1 Å². The second kappa shape index (κ2) is 10.9. The van der Waals surface area contributed by atoms with Crippen LogP contribution in [-0.2, 0) is 20.7 Å². The molecule has 1 fully saturated rings. The van der Waals surface area contributed by atoms with Gasteiger partial charge >= 0.3 is 12.1 Å². The molecule has 3 rings (SSSR count). The SMILES string of the molecule is CC(=O)N1CCC(CC(Cc2ccc(-c3cc(Cl)ccc3F)cc2)NC(=O)OC(C)(C)C)(C(=O)O)C1. The van der Waals surface area contributed by atoms with E-state index in [1.807, 2.05) is 12.1 Å². The highest BCUT2D eigenvalue weighted by Gasteiger charge is 2.47. The average molecular weight is 519 g/mol. The number of hydrogen-bond acceptors (Lipinski definition) is 4. The molecule has 194 valence electrons. The number of carboxylic acid groups (broad SMARTS) is 1. The van der Waals surface area contributed by atoms with Gasteiger partial charge in [0.25, 0.3) is 0 Å². The molecule has 7 nitrogen and oxygen atoms in total. The van der Waals surface area contributed by atoms with Crippen LogP contribution in [0.4, 0.5) is 9.18 Å². The lowest BCUT2D eigenvalue weighted by Crippen LogP contribution is -2.46. The summed E-state index contributed by atoms with van der Waals surface area (Å²) < 4.78 is 19.7. The van der Waals surface area contributed by atoms with E-state index in [9.17, 15) is 23.9 Å². The van der Waals surface area contributed by atoms with Gasteiger partial charge in [0, 0.05) is 36.6 Å². The predicted octanol–water partition coefficient (Wildman–Crippen LogP) is 5.30. The third-order valence-electron chi connectivity index (χ3n) is 6.29. The molecule has 2 unspecified atom stereocenters. The van der Waals surface area contributed by atoms with E-state index in [1.54, 1.807) is 39.0 Å². The Labute approximate surface area is 215 Å². The van der Waals surface area contributed by atoms with Crippen LogP contribution in [0.15, 0.2) is 42.5 Å². The Hall–Kier alpha value is -3.13. The number of amides is 2. The van der Waals surface area contributed by atoms with Crippen molar-refractivity contribution in [3.8, 4) is 11.1 Å². The number of likely N-dealkylation sites (tertiary alicyclic amines) is 1. The minimum atomic E-state index is -1.19.